The van der Waals surface area contributed by atoms with Gasteiger partial charge in [0, 0.05) is 69.4 Å². The van der Waals surface area contributed by atoms with E-state index in [1.165, 1.54) is 109 Å². The zero-order valence-electron chi connectivity index (χ0n) is 40.7. The fraction of sp³-hybridized carbons (Fsp3) is 0.182. The summed E-state index contributed by atoms with van der Waals surface area (Å²) in [6.07, 6.45) is 0. The van der Waals surface area contributed by atoms with E-state index in [4.69, 9.17) is 0 Å². The molecule has 0 spiro atoms. The molecule has 3 heteroatoms. The monoisotopic (exact) mass is 925 g/mol. The van der Waals surface area contributed by atoms with E-state index in [1.807, 2.05) is 23.5 Å². The van der Waals surface area contributed by atoms with Gasteiger partial charge in [0.2, 0.25) is 0 Å². The predicted molar refractivity (Wildman–Crippen MR) is 293 cm³/mol. The van der Waals surface area contributed by atoms with Crippen LogP contribution in [0.4, 0.5) is 17.1 Å². The van der Waals surface area contributed by atoms with Crippen LogP contribution in [0.1, 0.15) is 99.9 Å². The van der Waals surface area contributed by atoms with E-state index in [0.717, 1.165) is 17.1 Å². The summed E-state index contributed by atoms with van der Waals surface area (Å²) in [6.45, 7) is 19.2. The predicted octanol–water partition coefficient (Wildman–Crippen LogP) is 18.7. The largest absolute Gasteiger partial charge is 0.310 e. The molecule has 4 aliphatic rings. The number of anilines is 3. The topological polar surface area (TPSA) is 3.24 Å². The molecule has 0 fully saturated rings. The summed E-state index contributed by atoms with van der Waals surface area (Å²) in [7, 11) is 0. The molecule has 0 atom stereocenters. The van der Waals surface area contributed by atoms with Crippen LogP contribution < -0.4 is 4.90 Å². The van der Waals surface area contributed by atoms with Crippen molar-refractivity contribution in [2.45, 2.75) is 96.6 Å². The summed E-state index contributed by atoms with van der Waals surface area (Å²) in [4.78, 5) is 8.00. The first kappa shape index (κ1) is 42.6. The molecule has 13 rings (SSSR count). The molecule has 9 aromatic carbocycles. The van der Waals surface area contributed by atoms with Crippen LogP contribution in [-0.2, 0) is 21.7 Å². The molecule has 0 saturated heterocycles. The lowest BCUT2D eigenvalue weighted by atomic mass is 9.75. The van der Waals surface area contributed by atoms with Crippen molar-refractivity contribution in [2.24, 2.45) is 0 Å². The molecule has 0 saturated carbocycles. The lowest BCUT2D eigenvalue weighted by molar-refractivity contribution is 0.604. The lowest BCUT2D eigenvalue weighted by Gasteiger charge is -2.37. The van der Waals surface area contributed by atoms with Crippen LogP contribution in [0.3, 0.4) is 0 Å². The Morgan fingerprint density at radius 2 is 0.739 bits per heavy atom. The first-order valence-electron chi connectivity index (χ1n) is 24.5. The molecule has 0 unspecified atom stereocenters. The lowest BCUT2D eigenvalue weighted by Crippen LogP contribution is -2.25. The Labute approximate surface area is 416 Å². The number of nitrogens with zero attached hydrogens (tertiary/aromatic N) is 1. The van der Waals surface area contributed by atoms with Crippen molar-refractivity contribution in [1.82, 2.24) is 0 Å². The molecule has 2 aliphatic heterocycles. The summed E-state index contributed by atoms with van der Waals surface area (Å²) in [5.41, 5.74) is 24.7. The number of hydrogen-bond acceptors (Lipinski definition) is 3. The summed E-state index contributed by atoms with van der Waals surface area (Å²) < 4.78 is 0. The summed E-state index contributed by atoms with van der Waals surface area (Å²) >= 11 is 3.93. The molecule has 0 N–H and O–H groups in total. The quantitative estimate of drug-likeness (QED) is 0.169. The number of benzene rings is 9. The van der Waals surface area contributed by atoms with Crippen LogP contribution in [0.25, 0.3) is 44.5 Å². The first-order valence-corrected chi connectivity index (χ1v) is 26.1. The molecular formula is C66H55NS2. The van der Waals surface area contributed by atoms with Gasteiger partial charge in [0.05, 0.1) is 0 Å². The van der Waals surface area contributed by atoms with Crippen LogP contribution in [-0.4, -0.2) is 0 Å². The van der Waals surface area contributed by atoms with Gasteiger partial charge >= 0.3 is 0 Å². The van der Waals surface area contributed by atoms with Gasteiger partial charge in [0.1, 0.15) is 0 Å². The molecule has 9 aromatic rings. The zero-order chi connectivity index (χ0) is 47.2. The van der Waals surface area contributed by atoms with Gasteiger partial charge in [-0.3, -0.25) is 0 Å². The Kier molecular flexibility index (Phi) is 9.25. The average Bonchev–Trinajstić information content (AvgIpc) is 3.74. The minimum atomic E-state index is -0.182. The van der Waals surface area contributed by atoms with Crippen LogP contribution in [0.5, 0.6) is 0 Å². The Morgan fingerprint density at radius 1 is 0.290 bits per heavy atom. The first-order chi connectivity index (χ1) is 33.2. The third kappa shape index (κ3) is 6.12. The van der Waals surface area contributed by atoms with Gasteiger partial charge in [-0.2, -0.15) is 0 Å². The molecule has 336 valence electrons. The minimum absolute atomic E-state index is 0.0454. The molecule has 1 nitrogen and oxygen atoms in total. The Balaban J connectivity index is 0.921. The molecule has 0 aromatic heterocycles. The summed E-state index contributed by atoms with van der Waals surface area (Å²) in [5.74, 6) is 0. The highest BCUT2D eigenvalue weighted by atomic mass is 32.2. The highest BCUT2D eigenvalue weighted by Gasteiger charge is 2.44. The second-order valence-corrected chi connectivity index (χ2v) is 23.8. The molecule has 2 aliphatic carbocycles. The van der Waals surface area contributed by atoms with Gasteiger partial charge < -0.3 is 4.90 Å². The normalized spacial score (nSPS) is 16.5. The smallest absolute Gasteiger partial charge is 0.0465 e. The third-order valence-corrected chi connectivity index (χ3v) is 18.9. The standard InChI is InChI=1S/C66H55NS2/c1-63(2)49-21-13-12-19-47(49)58-51(63)35-38-55-62(58)69-60-46(20-16-23-53(60)66(55,7)8)42-27-31-44(32-28-42)67(43-29-25-41(26-30-43)40-17-10-9-11-18-40)45-33-34-48-56(39-45)65(5,6)52-36-37-54-61(59(48)52)68-57-24-15-14-22-50(57)64(54,3)4/h9-39H,1-8H3. The van der Waals surface area contributed by atoms with Crippen LogP contribution in [0.2, 0.25) is 0 Å². The molecule has 0 radical (unpaired) electrons. The van der Waals surface area contributed by atoms with Gasteiger partial charge in [-0.15, -0.1) is 0 Å². The highest BCUT2D eigenvalue weighted by molar-refractivity contribution is 8.00. The zero-order valence-corrected chi connectivity index (χ0v) is 42.3. The summed E-state index contributed by atoms with van der Waals surface area (Å²) in [5, 5.41) is 0. The maximum Gasteiger partial charge on any atom is 0.0465 e. The van der Waals surface area contributed by atoms with Crippen LogP contribution >= 0.6 is 23.5 Å². The van der Waals surface area contributed by atoms with Crippen molar-refractivity contribution in [1.29, 1.82) is 0 Å². The maximum atomic E-state index is 2.48. The average molecular weight is 926 g/mol. The number of hydrogen-bond donors (Lipinski definition) is 0. The van der Waals surface area contributed by atoms with E-state index in [0.29, 0.717) is 0 Å². The van der Waals surface area contributed by atoms with E-state index in [-0.39, 0.29) is 21.7 Å². The SMILES string of the molecule is CC1(C)c2ccccc2Sc2c1ccc1c2-c2ccc(N(c3ccc(-c4ccccc4)cc3)c3ccc(-c4cccc5c4Sc4c(ccc6c4-c4ccccc4C6(C)C)C5(C)C)cc3)cc2C1(C)C. The van der Waals surface area contributed by atoms with Crippen LogP contribution in [0, 0.1) is 0 Å². The van der Waals surface area contributed by atoms with Gasteiger partial charge in [-0.25, -0.2) is 0 Å². The maximum absolute atomic E-state index is 2.48. The second-order valence-electron chi connectivity index (χ2n) is 21.7. The van der Waals surface area contributed by atoms with Crippen molar-refractivity contribution in [3.63, 3.8) is 0 Å². The summed E-state index contributed by atoms with van der Waals surface area (Å²) in [6, 6.07) is 71.1. The minimum Gasteiger partial charge on any atom is -0.310 e. The molecular weight excluding hydrogens is 871 g/mol. The van der Waals surface area contributed by atoms with Crippen molar-refractivity contribution in [3.8, 4) is 44.5 Å². The van der Waals surface area contributed by atoms with Crippen molar-refractivity contribution in [2.75, 3.05) is 4.90 Å². The molecule has 0 amide bonds. The fourth-order valence-electron chi connectivity index (χ4n) is 12.5. The Morgan fingerprint density at radius 3 is 1.42 bits per heavy atom. The van der Waals surface area contributed by atoms with E-state index in [9.17, 15) is 0 Å². The molecule has 0 bridgehead atoms. The number of fused-ring (bicyclic) bond motifs is 12. The van der Waals surface area contributed by atoms with E-state index in [2.05, 4.69) is 248 Å². The second kappa shape index (κ2) is 15.0. The number of rotatable bonds is 5. The van der Waals surface area contributed by atoms with Gasteiger partial charge in [0.15, 0.2) is 0 Å². The highest BCUT2D eigenvalue weighted by Crippen LogP contribution is 2.62. The van der Waals surface area contributed by atoms with Gasteiger partial charge in [-0.1, -0.05) is 225 Å². The van der Waals surface area contributed by atoms with E-state index >= 15 is 0 Å². The van der Waals surface area contributed by atoms with Crippen molar-refractivity contribution in [3.05, 3.63) is 233 Å². The van der Waals surface area contributed by atoms with Crippen molar-refractivity contribution >= 4 is 40.6 Å². The third-order valence-electron chi connectivity index (χ3n) is 16.4. The van der Waals surface area contributed by atoms with Gasteiger partial charge in [0.25, 0.3) is 0 Å². The van der Waals surface area contributed by atoms with Gasteiger partial charge in [-0.05, 0) is 120 Å². The Bertz CT molecular complexity index is 3590. The molecule has 69 heavy (non-hydrogen) atoms. The Hall–Kier alpha value is -6.52. The van der Waals surface area contributed by atoms with E-state index in [1.54, 1.807) is 0 Å². The van der Waals surface area contributed by atoms with E-state index < -0.39 is 0 Å². The fourth-order valence-corrected chi connectivity index (χ4v) is 15.7. The molecule has 2 heterocycles. The van der Waals surface area contributed by atoms with Crippen LogP contribution in [0.15, 0.2) is 208 Å². The van der Waals surface area contributed by atoms with Crippen molar-refractivity contribution < 1.29 is 0 Å².